The first kappa shape index (κ1) is 17.6. The summed E-state index contributed by atoms with van der Waals surface area (Å²) in [6.07, 6.45) is 5.58. The Balaban J connectivity index is 1.66. The Labute approximate surface area is 158 Å². The average molecular weight is 378 g/mol. The summed E-state index contributed by atoms with van der Waals surface area (Å²) in [7, 11) is 0. The molecule has 2 aromatic heterocycles. The van der Waals surface area contributed by atoms with E-state index >= 15 is 0 Å². The quantitative estimate of drug-likeness (QED) is 0.730. The molecule has 4 rings (SSSR count). The molecule has 136 valence electrons. The highest BCUT2D eigenvalue weighted by molar-refractivity contribution is 7.99. The van der Waals surface area contributed by atoms with Gasteiger partial charge in [-0.1, -0.05) is 24.2 Å². The van der Waals surface area contributed by atoms with Crippen LogP contribution >= 0.6 is 23.1 Å². The van der Waals surface area contributed by atoms with Gasteiger partial charge in [0.25, 0.3) is 0 Å². The fourth-order valence-corrected chi connectivity index (χ4v) is 6.31. The molecule has 4 unspecified atom stereocenters. The van der Waals surface area contributed by atoms with Gasteiger partial charge in [-0.2, -0.15) is 0 Å². The summed E-state index contributed by atoms with van der Waals surface area (Å²) in [5, 5.41) is 22.2. The van der Waals surface area contributed by atoms with Crippen molar-refractivity contribution in [3.8, 4) is 10.7 Å². The molecule has 2 fully saturated rings. The normalized spacial score (nSPS) is 27.1. The molecule has 0 amide bonds. The molecule has 2 aliphatic carbocycles. The maximum absolute atomic E-state index is 10.1. The Morgan fingerprint density at radius 2 is 2.20 bits per heavy atom. The summed E-state index contributed by atoms with van der Waals surface area (Å²) in [6, 6.07) is 4.61. The smallest absolute Gasteiger partial charge is 0.191 e. The van der Waals surface area contributed by atoms with Gasteiger partial charge >= 0.3 is 0 Å². The molecule has 25 heavy (non-hydrogen) atoms. The molecule has 2 aromatic rings. The molecule has 2 saturated carbocycles. The monoisotopic (exact) mass is 377 g/mol. The molecule has 0 aromatic carbocycles. The molecule has 1 N–H and O–H groups in total. The molecule has 2 aliphatic rings. The second kappa shape index (κ2) is 6.71. The summed E-state index contributed by atoms with van der Waals surface area (Å²) in [5.41, 5.74) is -0.708. The van der Waals surface area contributed by atoms with E-state index in [0.717, 1.165) is 28.7 Å². The van der Waals surface area contributed by atoms with Gasteiger partial charge < -0.3 is 5.11 Å². The second-order valence-corrected chi connectivity index (χ2v) is 10.2. The van der Waals surface area contributed by atoms with E-state index in [1.807, 2.05) is 13.8 Å². The van der Waals surface area contributed by atoms with Crippen molar-refractivity contribution in [1.29, 1.82) is 0 Å². The van der Waals surface area contributed by atoms with Gasteiger partial charge in [0, 0.05) is 11.8 Å². The SMILES string of the molecule is CC(C1CC2CCC1C2)n1c(SCC(C)(C)O)nnc1-c1cccs1. The number of aromatic nitrogens is 3. The molecule has 0 aliphatic heterocycles. The van der Waals surface area contributed by atoms with Crippen molar-refractivity contribution in [3.63, 3.8) is 0 Å². The largest absolute Gasteiger partial charge is 0.390 e. The van der Waals surface area contributed by atoms with Crippen molar-refractivity contribution in [2.75, 3.05) is 5.75 Å². The van der Waals surface area contributed by atoms with Crippen LogP contribution in [0, 0.1) is 17.8 Å². The minimum atomic E-state index is -0.708. The van der Waals surface area contributed by atoms with Crippen molar-refractivity contribution in [2.45, 2.75) is 63.3 Å². The number of thiophene rings is 1. The maximum atomic E-state index is 10.1. The lowest BCUT2D eigenvalue weighted by Gasteiger charge is -2.30. The van der Waals surface area contributed by atoms with Gasteiger partial charge in [0.2, 0.25) is 0 Å². The summed E-state index contributed by atoms with van der Waals surface area (Å²) in [5.74, 6) is 4.15. The van der Waals surface area contributed by atoms with Gasteiger partial charge in [-0.3, -0.25) is 4.57 Å². The maximum Gasteiger partial charge on any atom is 0.191 e. The first-order valence-corrected chi connectivity index (χ1v) is 11.1. The Morgan fingerprint density at radius 3 is 2.80 bits per heavy atom. The number of aliphatic hydroxyl groups is 1. The lowest BCUT2D eigenvalue weighted by Crippen LogP contribution is -2.25. The van der Waals surface area contributed by atoms with Gasteiger partial charge in [0.05, 0.1) is 10.5 Å². The highest BCUT2D eigenvalue weighted by atomic mass is 32.2. The van der Waals surface area contributed by atoms with Gasteiger partial charge in [-0.05, 0) is 69.2 Å². The zero-order chi connectivity index (χ0) is 17.6. The molecule has 6 heteroatoms. The summed E-state index contributed by atoms with van der Waals surface area (Å²) < 4.78 is 2.35. The van der Waals surface area contributed by atoms with Gasteiger partial charge in [-0.25, -0.2) is 0 Å². The summed E-state index contributed by atoms with van der Waals surface area (Å²) in [6.45, 7) is 6.04. The van der Waals surface area contributed by atoms with E-state index in [0.29, 0.717) is 11.8 Å². The van der Waals surface area contributed by atoms with E-state index in [1.165, 1.54) is 30.6 Å². The standard InChI is InChI=1S/C19H27N3OS2/c1-12(15-10-13-6-7-14(15)9-13)22-17(16-5-4-8-24-16)20-21-18(22)25-11-19(2,3)23/h4-5,8,12-15,23H,6-7,9-11H2,1-3H3. The Hall–Kier alpha value is -0.850. The van der Waals surface area contributed by atoms with E-state index in [9.17, 15) is 5.11 Å². The molecule has 4 nitrogen and oxygen atoms in total. The van der Waals surface area contributed by atoms with Crippen molar-refractivity contribution in [3.05, 3.63) is 17.5 Å². The van der Waals surface area contributed by atoms with Crippen LogP contribution in [0.1, 0.15) is 52.5 Å². The Kier molecular flexibility index (Phi) is 4.71. The number of thioether (sulfide) groups is 1. The minimum Gasteiger partial charge on any atom is -0.390 e. The summed E-state index contributed by atoms with van der Waals surface area (Å²) >= 11 is 3.34. The van der Waals surface area contributed by atoms with E-state index in [4.69, 9.17) is 0 Å². The van der Waals surface area contributed by atoms with Crippen molar-refractivity contribution < 1.29 is 5.11 Å². The van der Waals surface area contributed by atoms with Crippen molar-refractivity contribution in [2.24, 2.45) is 17.8 Å². The van der Waals surface area contributed by atoms with Crippen molar-refractivity contribution in [1.82, 2.24) is 14.8 Å². The lowest BCUT2D eigenvalue weighted by atomic mass is 9.84. The van der Waals surface area contributed by atoms with Gasteiger partial charge in [0.15, 0.2) is 11.0 Å². The third-order valence-electron chi connectivity index (χ3n) is 5.78. The summed E-state index contributed by atoms with van der Waals surface area (Å²) in [4.78, 5) is 1.18. The van der Waals surface area contributed by atoms with Crippen LogP contribution in [0.25, 0.3) is 10.7 Å². The van der Waals surface area contributed by atoms with Gasteiger partial charge in [0.1, 0.15) is 0 Å². The predicted octanol–water partition coefficient (Wildman–Crippen LogP) is 4.87. The molecular formula is C19H27N3OS2. The van der Waals surface area contributed by atoms with E-state index in [2.05, 4.69) is 39.2 Å². The number of hydrogen-bond donors (Lipinski definition) is 1. The fraction of sp³-hybridized carbons (Fsp3) is 0.684. The highest BCUT2D eigenvalue weighted by Gasteiger charge is 2.43. The van der Waals surface area contributed by atoms with Crippen LogP contribution in [-0.2, 0) is 0 Å². The minimum absolute atomic E-state index is 0.409. The van der Waals surface area contributed by atoms with Gasteiger partial charge in [-0.15, -0.1) is 21.5 Å². The van der Waals surface area contributed by atoms with E-state index < -0.39 is 5.60 Å². The van der Waals surface area contributed by atoms with Crippen molar-refractivity contribution >= 4 is 23.1 Å². The molecule has 0 saturated heterocycles. The second-order valence-electron chi connectivity index (χ2n) is 8.33. The van der Waals surface area contributed by atoms with Crippen LogP contribution in [0.2, 0.25) is 0 Å². The number of nitrogens with zero attached hydrogens (tertiary/aromatic N) is 3. The average Bonchev–Trinajstić information content (AvgIpc) is 3.34. The third-order valence-corrected chi connectivity index (χ3v) is 8.03. The molecule has 0 radical (unpaired) electrons. The molecular weight excluding hydrogens is 350 g/mol. The first-order valence-electron chi connectivity index (χ1n) is 9.26. The van der Waals surface area contributed by atoms with Crippen LogP contribution in [0.4, 0.5) is 0 Å². The van der Waals surface area contributed by atoms with Crippen LogP contribution in [0.3, 0.4) is 0 Å². The Morgan fingerprint density at radius 1 is 1.36 bits per heavy atom. The zero-order valence-corrected chi connectivity index (χ0v) is 16.8. The van der Waals surface area contributed by atoms with Crippen LogP contribution < -0.4 is 0 Å². The highest BCUT2D eigenvalue weighted by Crippen LogP contribution is 2.53. The topological polar surface area (TPSA) is 50.9 Å². The number of rotatable bonds is 6. The Bertz CT molecular complexity index is 720. The first-order chi connectivity index (χ1) is 11.9. The van der Waals surface area contributed by atoms with Crippen LogP contribution in [-0.4, -0.2) is 31.2 Å². The van der Waals surface area contributed by atoms with E-state index in [1.54, 1.807) is 23.1 Å². The molecule has 2 bridgehead atoms. The molecule has 4 atom stereocenters. The third kappa shape index (κ3) is 3.53. The molecule has 2 heterocycles. The number of fused-ring (bicyclic) bond motifs is 2. The zero-order valence-electron chi connectivity index (χ0n) is 15.2. The number of hydrogen-bond acceptors (Lipinski definition) is 5. The van der Waals surface area contributed by atoms with Crippen LogP contribution in [0.15, 0.2) is 22.7 Å². The van der Waals surface area contributed by atoms with Crippen LogP contribution in [0.5, 0.6) is 0 Å². The lowest BCUT2D eigenvalue weighted by molar-refractivity contribution is 0.107. The fourth-order valence-electron chi connectivity index (χ4n) is 4.63. The molecule has 0 spiro atoms. The predicted molar refractivity (Wildman–Crippen MR) is 104 cm³/mol. The van der Waals surface area contributed by atoms with E-state index in [-0.39, 0.29) is 0 Å².